The first-order chi connectivity index (χ1) is 20.0. The van der Waals surface area contributed by atoms with Gasteiger partial charge in [0.15, 0.2) is 0 Å². The minimum absolute atomic E-state index is 0.224. The maximum absolute atomic E-state index is 9.38. The molecule has 0 amide bonds. The highest BCUT2D eigenvalue weighted by Crippen LogP contribution is 2.54. The van der Waals surface area contributed by atoms with E-state index in [1.807, 2.05) is 36.4 Å². The highest BCUT2D eigenvalue weighted by molar-refractivity contribution is 8.26. The van der Waals surface area contributed by atoms with Gasteiger partial charge in [0.2, 0.25) is 0 Å². The first-order valence-electron chi connectivity index (χ1n) is 12.0. The molecule has 0 spiro atoms. The highest BCUT2D eigenvalue weighted by Gasteiger charge is 2.28. The van der Waals surface area contributed by atoms with Gasteiger partial charge in [-0.15, -0.1) is 47.0 Å². The summed E-state index contributed by atoms with van der Waals surface area (Å²) in [7, 11) is 0. The molecule has 2 aliphatic heterocycles. The van der Waals surface area contributed by atoms with Gasteiger partial charge < -0.3 is 0 Å². The number of allylic oxidation sites excluding steroid dienone is 2. The Labute approximate surface area is 269 Å². The van der Waals surface area contributed by atoms with Gasteiger partial charge in [-0.2, -0.15) is 10.5 Å². The van der Waals surface area contributed by atoms with E-state index in [-0.39, 0.29) is 10.5 Å². The topological polar surface area (TPSA) is 83.2 Å². The van der Waals surface area contributed by atoms with E-state index >= 15 is 0 Å². The second-order valence-corrected chi connectivity index (χ2v) is 14.7. The SMILES string of the molecule is N#C/C(=C1/SCC(c2ccccc2Cl)S1)n1ccnc1.N#C/C(=C1/SC[C@@H](c2ccc(Cl)cc2Cl)S1)n1ccnc1. The summed E-state index contributed by atoms with van der Waals surface area (Å²) in [6, 6.07) is 17.9. The summed E-state index contributed by atoms with van der Waals surface area (Å²) in [6.45, 7) is 0. The molecule has 0 aliphatic carbocycles. The van der Waals surface area contributed by atoms with E-state index in [9.17, 15) is 10.5 Å². The molecule has 206 valence electrons. The van der Waals surface area contributed by atoms with Crippen LogP contribution in [0.3, 0.4) is 0 Å². The van der Waals surface area contributed by atoms with Crippen molar-refractivity contribution in [1.29, 1.82) is 10.5 Å². The average molecular weight is 674 g/mol. The van der Waals surface area contributed by atoms with Gasteiger partial charge in [-0.1, -0.05) is 59.1 Å². The van der Waals surface area contributed by atoms with Crippen LogP contribution < -0.4 is 0 Å². The summed E-state index contributed by atoms with van der Waals surface area (Å²) < 4.78 is 5.51. The quantitative estimate of drug-likeness (QED) is 0.198. The first-order valence-corrected chi connectivity index (χ1v) is 16.9. The molecule has 0 saturated carbocycles. The molecular formula is C28H19Cl3N6S4. The van der Waals surface area contributed by atoms with Gasteiger partial charge in [-0.25, -0.2) is 9.97 Å². The zero-order chi connectivity index (χ0) is 28.8. The Morgan fingerprint density at radius 3 is 1.76 bits per heavy atom. The number of thioether (sulfide) groups is 4. The Balaban J connectivity index is 0.000000165. The summed E-state index contributed by atoms with van der Waals surface area (Å²) in [4.78, 5) is 7.98. The number of imidazole rings is 2. The number of benzene rings is 2. The van der Waals surface area contributed by atoms with Crippen LogP contribution in [0, 0.1) is 22.7 Å². The largest absolute Gasteiger partial charge is 0.296 e. The number of aromatic nitrogens is 4. The lowest BCUT2D eigenvalue weighted by molar-refractivity contribution is 1.10. The minimum Gasteiger partial charge on any atom is -0.296 e. The molecule has 6 rings (SSSR count). The molecule has 6 nitrogen and oxygen atoms in total. The van der Waals surface area contributed by atoms with Gasteiger partial charge in [-0.05, 0) is 29.3 Å². The van der Waals surface area contributed by atoms with Crippen LogP contribution in [-0.2, 0) is 0 Å². The Morgan fingerprint density at radius 1 is 0.756 bits per heavy atom. The lowest BCUT2D eigenvalue weighted by Crippen LogP contribution is -1.93. The van der Waals surface area contributed by atoms with E-state index in [2.05, 4.69) is 22.1 Å². The third kappa shape index (κ3) is 7.15. The smallest absolute Gasteiger partial charge is 0.145 e. The maximum Gasteiger partial charge on any atom is 0.145 e. The molecule has 2 aliphatic rings. The standard InChI is InChI=1S/C14H9Cl2N3S2.C14H10ClN3S2/c15-9-1-2-10(11(16)5-9)13-7-20-14(21-13)12(6-17)19-4-3-18-8-19;15-11-4-2-1-3-10(11)13-8-19-14(20-13)12(7-16)18-6-5-17-9-18/h1-5,8,13H,7H2;1-6,9,13H,8H2/b2*14-12+/t13-;/m0./s1. The van der Waals surface area contributed by atoms with Crippen molar-refractivity contribution in [2.45, 2.75) is 10.5 Å². The van der Waals surface area contributed by atoms with Crippen molar-refractivity contribution in [3.05, 3.63) is 115 Å². The first kappa shape index (κ1) is 30.1. The maximum atomic E-state index is 9.38. The summed E-state index contributed by atoms with van der Waals surface area (Å²) in [5, 5.41) is 21.3. The van der Waals surface area contributed by atoms with Crippen molar-refractivity contribution in [3.8, 4) is 12.1 Å². The number of nitriles is 2. The van der Waals surface area contributed by atoms with Crippen LogP contribution in [0.5, 0.6) is 0 Å². The third-order valence-electron chi connectivity index (χ3n) is 5.92. The highest BCUT2D eigenvalue weighted by atomic mass is 35.5. The van der Waals surface area contributed by atoms with Crippen LogP contribution in [0.1, 0.15) is 21.6 Å². The van der Waals surface area contributed by atoms with Crippen molar-refractivity contribution >= 4 is 93.2 Å². The molecule has 0 bridgehead atoms. The fourth-order valence-corrected chi connectivity index (χ4v) is 10.7. The zero-order valence-corrected chi connectivity index (χ0v) is 26.6. The molecule has 2 saturated heterocycles. The van der Waals surface area contributed by atoms with E-state index in [1.54, 1.807) is 99.7 Å². The van der Waals surface area contributed by atoms with Crippen molar-refractivity contribution in [1.82, 2.24) is 19.1 Å². The number of hydrogen-bond donors (Lipinski definition) is 0. The molecule has 2 aromatic heterocycles. The van der Waals surface area contributed by atoms with Crippen LogP contribution in [0.4, 0.5) is 0 Å². The van der Waals surface area contributed by atoms with Crippen molar-refractivity contribution in [3.63, 3.8) is 0 Å². The summed E-state index contributed by atoms with van der Waals surface area (Å²) in [5.74, 6) is 1.80. The molecule has 4 aromatic rings. The summed E-state index contributed by atoms with van der Waals surface area (Å²) in [6.07, 6.45) is 10.2. The Kier molecular flexibility index (Phi) is 10.4. The number of halogens is 3. The molecule has 2 atom stereocenters. The summed E-state index contributed by atoms with van der Waals surface area (Å²) in [5.41, 5.74) is 3.42. The fourth-order valence-electron chi connectivity index (χ4n) is 3.95. The van der Waals surface area contributed by atoms with E-state index in [0.717, 1.165) is 36.1 Å². The van der Waals surface area contributed by atoms with Crippen LogP contribution in [-0.4, -0.2) is 30.6 Å². The Morgan fingerprint density at radius 2 is 1.29 bits per heavy atom. The molecule has 2 aromatic carbocycles. The Hall–Kier alpha value is -2.41. The molecular weight excluding hydrogens is 655 g/mol. The van der Waals surface area contributed by atoms with Gasteiger partial charge in [-0.3, -0.25) is 9.13 Å². The van der Waals surface area contributed by atoms with Gasteiger partial charge in [0.25, 0.3) is 0 Å². The minimum atomic E-state index is 0.224. The fraction of sp³-hybridized carbons (Fsp3) is 0.143. The molecule has 2 fully saturated rings. The van der Waals surface area contributed by atoms with Gasteiger partial charge in [0, 0.05) is 61.9 Å². The van der Waals surface area contributed by atoms with Crippen LogP contribution in [0.25, 0.3) is 11.4 Å². The second kappa shape index (κ2) is 14.2. The lowest BCUT2D eigenvalue weighted by Gasteiger charge is -2.10. The molecule has 4 heterocycles. The van der Waals surface area contributed by atoms with E-state index in [1.165, 1.54) is 0 Å². The lowest BCUT2D eigenvalue weighted by atomic mass is 10.2. The average Bonchev–Trinajstić information content (AvgIpc) is 3.80. The van der Waals surface area contributed by atoms with Gasteiger partial charge in [0.1, 0.15) is 23.5 Å². The number of rotatable bonds is 4. The van der Waals surface area contributed by atoms with Crippen LogP contribution >= 0.6 is 81.9 Å². The number of nitrogens with zero attached hydrogens (tertiary/aromatic N) is 6. The third-order valence-corrected chi connectivity index (χ3v) is 12.7. The zero-order valence-electron chi connectivity index (χ0n) is 21.0. The normalized spacial score (nSPS) is 20.5. The van der Waals surface area contributed by atoms with Crippen molar-refractivity contribution in [2.24, 2.45) is 0 Å². The number of hydrogen-bond acceptors (Lipinski definition) is 8. The van der Waals surface area contributed by atoms with E-state index < -0.39 is 0 Å². The molecule has 0 N–H and O–H groups in total. The van der Waals surface area contributed by atoms with E-state index in [4.69, 9.17) is 34.8 Å². The molecule has 0 radical (unpaired) electrons. The van der Waals surface area contributed by atoms with Crippen molar-refractivity contribution in [2.75, 3.05) is 11.5 Å². The molecule has 1 unspecified atom stereocenters. The van der Waals surface area contributed by atoms with Gasteiger partial charge in [0.05, 0.1) is 21.1 Å². The summed E-state index contributed by atoms with van der Waals surface area (Å²) >= 11 is 25.2. The molecule has 41 heavy (non-hydrogen) atoms. The Bertz CT molecular complexity index is 1670. The van der Waals surface area contributed by atoms with E-state index in [0.29, 0.717) is 21.4 Å². The monoisotopic (exact) mass is 672 g/mol. The van der Waals surface area contributed by atoms with Crippen LogP contribution in [0.2, 0.25) is 15.1 Å². The predicted molar refractivity (Wildman–Crippen MR) is 176 cm³/mol. The molecule has 13 heteroatoms. The van der Waals surface area contributed by atoms with Crippen molar-refractivity contribution < 1.29 is 0 Å². The predicted octanol–water partition coefficient (Wildman–Crippen LogP) is 9.47. The van der Waals surface area contributed by atoms with Crippen LogP contribution in [0.15, 0.2) is 88.4 Å². The second-order valence-electron chi connectivity index (χ2n) is 8.46. The van der Waals surface area contributed by atoms with Gasteiger partial charge >= 0.3 is 0 Å².